The van der Waals surface area contributed by atoms with Crippen LogP contribution in [0.15, 0.2) is 34.8 Å². The van der Waals surface area contributed by atoms with Crippen molar-refractivity contribution in [3.63, 3.8) is 0 Å². The van der Waals surface area contributed by atoms with Gasteiger partial charge in [-0.05, 0) is 31.9 Å². The smallest absolute Gasteiger partial charge is 0.297 e. The average molecular weight is 459 g/mol. The third-order valence-electron chi connectivity index (χ3n) is 5.76. The monoisotopic (exact) mass is 458 g/mol. The van der Waals surface area contributed by atoms with Crippen LogP contribution < -0.4 is 15.0 Å². The van der Waals surface area contributed by atoms with Gasteiger partial charge in [-0.2, -0.15) is 0 Å². The van der Waals surface area contributed by atoms with Gasteiger partial charge < -0.3 is 14.0 Å². The van der Waals surface area contributed by atoms with Crippen LogP contribution in [0.4, 0.5) is 5.69 Å². The molecule has 1 aromatic heterocycles. The van der Waals surface area contributed by atoms with E-state index >= 15 is 0 Å². The predicted octanol–water partition coefficient (Wildman–Crippen LogP) is 7.14. The Kier molecular flexibility index (Phi) is 10.9. The van der Waals surface area contributed by atoms with E-state index < -0.39 is 4.92 Å². The molecule has 0 spiro atoms. The molecule has 182 valence electrons. The van der Waals surface area contributed by atoms with Crippen LogP contribution in [0.2, 0.25) is 0 Å². The molecule has 0 aliphatic carbocycles. The van der Waals surface area contributed by atoms with E-state index in [0.717, 1.165) is 32.1 Å². The van der Waals surface area contributed by atoms with E-state index in [0.29, 0.717) is 42.0 Å². The largest absolute Gasteiger partial charge is 0.485 e. The zero-order valence-corrected chi connectivity index (χ0v) is 20.5. The Hall–Kier alpha value is -2.83. The highest BCUT2D eigenvalue weighted by molar-refractivity contribution is 5.89. The predicted molar refractivity (Wildman–Crippen MR) is 133 cm³/mol. The highest BCUT2D eigenvalue weighted by Gasteiger charge is 2.22. The number of fused-ring (bicyclic) bond motifs is 1. The normalized spacial score (nSPS) is 11.7. The first-order valence-corrected chi connectivity index (χ1v) is 12.3. The summed E-state index contributed by atoms with van der Waals surface area (Å²) in [5.74, 6) is 1.24. The molecule has 1 aromatic carbocycles. The van der Waals surface area contributed by atoms with Gasteiger partial charge in [0.05, 0.1) is 22.8 Å². The Bertz CT molecular complexity index is 1010. The van der Waals surface area contributed by atoms with Crippen molar-refractivity contribution >= 4 is 16.6 Å². The van der Waals surface area contributed by atoms with Gasteiger partial charge in [-0.15, -0.1) is 0 Å². The third-order valence-corrected chi connectivity index (χ3v) is 5.76. The molecule has 2 aromatic rings. The maximum absolute atomic E-state index is 13.6. The fraction of sp³-hybridized carbons (Fsp3) is 0.577. The fourth-order valence-electron chi connectivity index (χ4n) is 3.79. The SMILES string of the molecule is CC=C(CC)Oc1c(OCCCC)c(=O)n(CCCCCCCC)c2cc([N+](=O)[O-])ccc12. The standard InChI is InChI=1S/C26H38N2O5/c1-5-9-11-12-13-14-17-27-23-19-20(28(30)31)15-16-22(23)24(33-21(7-3)8-4)25(26(27)29)32-18-10-6-2/h7,15-16,19H,5-6,8-14,17-18H2,1-4H3. The second-order valence-corrected chi connectivity index (χ2v) is 8.25. The molecule has 0 radical (unpaired) electrons. The van der Waals surface area contributed by atoms with E-state index in [-0.39, 0.29) is 17.0 Å². The van der Waals surface area contributed by atoms with Gasteiger partial charge in [0.25, 0.3) is 11.2 Å². The lowest BCUT2D eigenvalue weighted by atomic mass is 10.1. The molecule has 0 saturated heterocycles. The van der Waals surface area contributed by atoms with Gasteiger partial charge in [0.15, 0.2) is 5.75 Å². The first-order chi connectivity index (χ1) is 16.0. The molecule has 0 N–H and O–H groups in total. The number of non-ortho nitro benzene ring substituents is 1. The van der Waals surface area contributed by atoms with Gasteiger partial charge in [0, 0.05) is 30.5 Å². The third kappa shape index (κ3) is 7.07. The van der Waals surface area contributed by atoms with Gasteiger partial charge in [0.2, 0.25) is 5.75 Å². The van der Waals surface area contributed by atoms with Crippen molar-refractivity contribution in [1.82, 2.24) is 4.57 Å². The van der Waals surface area contributed by atoms with Crippen molar-refractivity contribution in [2.24, 2.45) is 0 Å². The van der Waals surface area contributed by atoms with Gasteiger partial charge in [-0.1, -0.05) is 59.3 Å². The van der Waals surface area contributed by atoms with E-state index in [1.54, 1.807) is 10.6 Å². The van der Waals surface area contributed by atoms with E-state index in [4.69, 9.17) is 9.47 Å². The molecule has 0 unspecified atom stereocenters. The van der Waals surface area contributed by atoms with Crippen molar-refractivity contribution in [1.29, 1.82) is 0 Å². The van der Waals surface area contributed by atoms with Gasteiger partial charge >= 0.3 is 0 Å². The second-order valence-electron chi connectivity index (χ2n) is 8.25. The zero-order chi connectivity index (χ0) is 24.2. The van der Waals surface area contributed by atoms with Crippen molar-refractivity contribution in [2.75, 3.05) is 6.61 Å². The zero-order valence-electron chi connectivity index (χ0n) is 20.5. The number of nitro benzene ring substituents is 1. The van der Waals surface area contributed by atoms with Crippen molar-refractivity contribution in [3.8, 4) is 11.5 Å². The first-order valence-electron chi connectivity index (χ1n) is 12.3. The molecule has 0 amide bonds. The number of rotatable bonds is 15. The molecule has 0 bridgehead atoms. The number of ether oxygens (including phenoxy) is 2. The number of nitrogens with zero attached hydrogens (tertiary/aromatic N) is 2. The second kappa shape index (κ2) is 13.7. The molecule has 0 saturated carbocycles. The van der Waals surface area contributed by atoms with Gasteiger partial charge in [-0.25, -0.2) is 0 Å². The Morgan fingerprint density at radius 1 is 1.03 bits per heavy atom. The Morgan fingerprint density at radius 3 is 2.36 bits per heavy atom. The van der Waals surface area contributed by atoms with Crippen LogP contribution in [-0.2, 0) is 6.54 Å². The lowest BCUT2D eigenvalue weighted by Gasteiger charge is -2.19. The number of hydrogen-bond donors (Lipinski definition) is 0. The minimum atomic E-state index is -0.436. The first kappa shape index (κ1) is 26.4. The average Bonchev–Trinajstić information content (AvgIpc) is 2.82. The highest BCUT2D eigenvalue weighted by atomic mass is 16.6. The van der Waals surface area contributed by atoms with Gasteiger partial charge in [-0.3, -0.25) is 14.9 Å². The van der Waals surface area contributed by atoms with Crippen molar-refractivity contribution in [3.05, 3.63) is 50.5 Å². The maximum Gasteiger partial charge on any atom is 0.297 e. The summed E-state index contributed by atoms with van der Waals surface area (Å²) in [4.78, 5) is 24.6. The van der Waals surface area contributed by atoms with E-state index in [2.05, 4.69) is 13.8 Å². The molecular formula is C26H38N2O5. The molecule has 33 heavy (non-hydrogen) atoms. The number of pyridine rings is 1. The number of nitro groups is 1. The summed E-state index contributed by atoms with van der Waals surface area (Å²) < 4.78 is 13.7. The lowest BCUT2D eigenvalue weighted by molar-refractivity contribution is -0.384. The summed E-state index contributed by atoms with van der Waals surface area (Å²) in [5, 5.41) is 12.1. The number of benzene rings is 1. The summed E-state index contributed by atoms with van der Waals surface area (Å²) in [5.41, 5.74) is 0.160. The van der Waals surface area contributed by atoms with E-state index in [9.17, 15) is 14.9 Å². The summed E-state index contributed by atoms with van der Waals surface area (Å²) in [6.07, 6.45) is 10.8. The van der Waals surface area contributed by atoms with Crippen molar-refractivity contribution < 1.29 is 14.4 Å². The minimum absolute atomic E-state index is 0.0501. The molecule has 0 aliphatic heterocycles. The molecule has 7 nitrogen and oxygen atoms in total. The number of allylic oxidation sites excluding steroid dienone is 2. The van der Waals surface area contributed by atoms with Gasteiger partial charge in [0.1, 0.15) is 0 Å². The number of unbranched alkanes of at least 4 members (excludes halogenated alkanes) is 6. The molecule has 2 rings (SSSR count). The topological polar surface area (TPSA) is 83.6 Å². The summed E-state index contributed by atoms with van der Waals surface area (Å²) in [7, 11) is 0. The summed E-state index contributed by atoms with van der Waals surface area (Å²) in [6, 6.07) is 4.58. The molecule has 0 fully saturated rings. The number of aryl methyl sites for hydroxylation is 1. The molecule has 7 heteroatoms. The molecular weight excluding hydrogens is 420 g/mol. The Morgan fingerprint density at radius 2 is 1.73 bits per heavy atom. The summed E-state index contributed by atoms with van der Waals surface area (Å²) >= 11 is 0. The molecule has 0 atom stereocenters. The quantitative estimate of drug-likeness (QED) is 0.123. The Labute approximate surface area is 196 Å². The van der Waals surface area contributed by atoms with Crippen LogP contribution in [0.5, 0.6) is 11.5 Å². The molecule has 0 aliphatic rings. The van der Waals surface area contributed by atoms with Crippen LogP contribution in [0.3, 0.4) is 0 Å². The maximum atomic E-state index is 13.6. The van der Waals surface area contributed by atoms with E-state index in [1.807, 2.05) is 19.9 Å². The molecule has 1 heterocycles. The number of hydrogen-bond acceptors (Lipinski definition) is 5. The fourth-order valence-corrected chi connectivity index (χ4v) is 3.79. The minimum Gasteiger partial charge on any atom is -0.485 e. The van der Waals surface area contributed by atoms with Crippen LogP contribution in [0, 0.1) is 10.1 Å². The van der Waals surface area contributed by atoms with Crippen molar-refractivity contribution in [2.45, 2.75) is 92.0 Å². The van der Waals surface area contributed by atoms with E-state index in [1.165, 1.54) is 31.4 Å². The van der Waals surface area contributed by atoms with Crippen LogP contribution in [0.25, 0.3) is 10.9 Å². The van der Waals surface area contributed by atoms with Crippen LogP contribution in [-0.4, -0.2) is 16.1 Å². The Balaban J connectivity index is 2.59. The van der Waals surface area contributed by atoms with Crippen LogP contribution >= 0.6 is 0 Å². The van der Waals surface area contributed by atoms with Crippen LogP contribution in [0.1, 0.15) is 85.5 Å². The summed E-state index contributed by atoms with van der Waals surface area (Å²) in [6.45, 7) is 8.99. The highest BCUT2D eigenvalue weighted by Crippen LogP contribution is 2.36. The lowest BCUT2D eigenvalue weighted by Crippen LogP contribution is -2.24. The number of aromatic nitrogens is 1.